The predicted molar refractivity (Wildman–Crippen MR) is 133 cm³/mol. The molecule has 186 valence electrons. The molecule has 1 fully saturated rings. The Bertz CT molecular complexity index is 1020. The standard InChI is InChI=1S/C28H34N2O5/c1-2-3-14-25(27(33)29-24-15-8-9-18(24)16-26(31)32)30-28(34)35-17-23-21-12-6-4-10-19(21)20-11-5-7-13-22(20)23/h4-7,10-13,18,23-25H,2-3,8-9,14-17H2,1H3,(H,29,33)(H,30,34)(H,31,32)/t18?,24?,25-/m0/s1. The van der Waals surface area contributed by atoms with Gasteiger partial charge in [-0.2, -0.15) is 0 Å². The number of hydrogen-bond donors (Lipinski definition) is 3. The number of rotatable bonds is 10. The molecule has 0 aromatic heterocycles. The molecule has 2 unspecified atom stereocenters. The number of carboxylic acid groups (broad SMARTS) is 1. The maximum absolute atomic E-state index is 13.0. The lowest BCUT2D eigenvalue weighted by Crippen LogP contribution is -2.50. The molecule has 1 saturated carbocycles. The van der Waals surface area contributed by atoms with Crippen molar-refractivity contribution in [1.29, 1.82) is 0 Å². The van der Waals surface area contributed by atoms with Crippen molar-refractivity contribution in [2.45, 2.75) is 69.9 Å². The van der Waals surface area contributed by atoms with Crippen molar-refractivity contribution >= 4 is 18.0 Å². The van der Waals surface area contributed by atoms with Gasteiger partial charge in [-0.15, -0.1) is 0 Å². The van der Waals surface area contributed by atoms with Crippen molar-refractivity contribution in [3.05, 3.63) is 59.7 Å². The van der Waals surface area contributed by atoms with E-state index in [1.54, 1.807) is 0 Å². The number of nitrogens with one attached hydrogen (secondary N) is 2. The van der Waals surface area contributed by atoms with Crippen LogP contribution < -0.4 is 10.6 Å². The molecule has 0 saturated heterocycles. The van der Waals surface area contributed by atoms with Crippen LogP contribution in [0.15, 0.2) is 48.5 Å². The molecule has 3 N–H and O–H groups in total. The fourth-order valence-corrected chi connectivity index (χ4v) is 5.44. The number of amides is 2. The number of carbonyl (C=O) groups is 3. The highest BCUT2D eigenvalue weighted by molar-refractivity contribution is 5.86. The van der Waals surface area contributed by atoms with E-state index in [-0.39, 0.29) is 36.8 Å². The normalized spacial score (nSPS) is 19.5. The quantitative estimate of drug-likeness (QED) is 0.453. The number of ether oxygens (including phenoxy) is 1. The third-order valence-corrected chi connectivity index (χ3v) is 7.22. The summed E-state index contributed by atoms with van der Waals surface area (Å²) >= 11 is 0. The first kappa shape index (κ1) is 24.8. The van der Waals surface area contributed by atoms with Gasteiger partial charge in [0, 0.05) is 12.0 Å². The van der Waals surface area contributed by atoms with Gasteiger partial charge < -0.3 is 20.5 Å². The lowest BCUT2D eigenvalue weighted by Gasteiger charge is -2.24. The Morgan fingerprint density at radius 2 is 1.69 bits per heavy atom. The first-order valence-corrected chi connectivity index (χ1v) is 12.6. The Hall–Kier alpha value is -3.35. The monoisotopic (exact) mass is 478 g/mol. The van der Waals surface area contributed by atoms with Crippen molar-refractivity contribution in [2.75, 3.05) is 6.61 Å². The molecule has 3 atom stereocenters. The van der Waals surface area contributed by atoms with Crippen molar-refractivity contribution < 1.29 is 24.2 Å². The van der Waals surface area contributed by atoms with Crippen LogP contribution in [0.1, 0.15) is 68.9 Å². The van der Waals surface area contributed by atoms with Gasteiger partial charge in [0.15, 0.2) is 0 Å². The SMILES string of the molecule is CCCC[C@H](NC(=O)OCC1c2ccccc2-c2ccccc21)C(=O)NC1CCCC1CC(=O)O. The molecule has 2 aliphatic carbocycles. The Morgan fingerprint density at radius 3 is 2.31 bits per heavy atom. The van der Waals surface area contributed by atoms with Gasteiger partial charge >= 0.3 is 12.1 Å². The number of alkyl carbamates (subject to hydrolysis) is 1. The van der Waals surface area contributed by atoms with E-state index in [0.29, 0.717) is 6.42 Å². The van der Waals surface area contributed by atoms with Gasteiger partial charge in [0.05, 0.1) is 6.42 Å². The molecule has 0 bridgehead atoms. The minimum absolute atomic E-state index is 0.0460. The average Bonchev–Trinajstić information content (AvgIpc) is 3.41. The highest BCUT2D eigenvalue weighted by Gasteiger charge is 2.33. The summed E-state index contributed by atoms with van der Waals surface area (Å²) in [5.74, 6) is -1.24. The molecule has 7 heteroatoms. The zero-order valence-corrected chi connectivity index (χ0v) is 20.2. The van der Waals surface area contributed by atoms with Gasteiger partial charge in [0.25, 0.3) is 0 Å². The number of benzene rings is 2. The number of aliphatic carboxylic acids is 1. The van der Waals surface area contributed by atoms with Crippen LogP contribution in [0.4, 0.5) is 4.79 Å². The number of fused-ring (bicyclic) bond motifs is 3. The number of hydrogen-bond acceptors (Lipinski definition) is 4. The zero-order valence-electron chi connectivity index (χ0n) is 20.2. The minimum Gasteiger partial charge on any atom is -0.481 e. The fraction of sp³-hybridized carbons (Fsp3) is 0.464. The molecule has 4 rings (SSSR count). The van der Waals surface area contributed by atoms with Crippen LogP contribution in [0.3, 0.4) is 0 Å². The fourth-order valence-electron chi connectivity index (χ4n) is 5.44. The summed E-state index contributed by atoms with van der Waals surface area (Å²) < 4.78 is 5.64. The predicted octanol–water partition coefficient (Wildman–Crippen LogP) is 4.84. The first-order valence-electron chi connectivity index (χ1n) is 12.6. The Labute approximate surface area is 206 Å². The molecule has 7 nitrogen and oxygen atoms in total. The summed E-state index contributed by atoms with van der Waals surface area (Å²) in [7, 11) is 0. The summed E-state index contributed by atoms with van der Waals surface area (Å²) in [4.78, 5) is 36.9. The highest BCUT2D eigenvalue weighted by atomic mass is 16.5. The van der Waals surface area contributed by atoms with Crippen molar-refractivity contribution in [2.24, 2.45) is 5.92 Å². The van der Waals surface area contributed by atoms with E-state index in [4.69, 9.17) is 9.84 Å². The van der Waals surface area contributed by atoms with Gasteiger partial charge in [0.1, 0.15) is 12.6 Å². The van der Waals surface area contributed by atoms with Crippen LogP contribution >= 0.6 is 0 Å². The molecule has 0 aliphatic heterocycles. The minimum atomic E-state index is -0.851. The maximum Gasteiger partial charge on any atom is 0.407 e. The van der Waals surface area contributed by atoms with Gasteiger partial charge in [0.2, 0.25) is 5.91 Å². The average molecular weight is 479 g/mol. The summed E-state index contributed by atoms with van der Waals surface area (Å²) in [6.07, 6.45) is 4.05. The van der Waals surface area contributed by atoms with E-state index in [1.165, 1.54) is 0 Å². The van der Waals surface area contributed by atoms with E-state index in [2.05, 4.69) is 34.9 Å². The molecule has 2 amide bonds. The number of carbonyl (C=O) groups excluding carboxylic acids is 2. The van der Waals surface area contributed by atoms with Crippen molar-refractivity contribution in [1.82, 2.24) is 10.6 Å². The van der Waals surface area contributed by atoms with E-state index >= 15 is 0 Å². The Balaban J connectivity index is 1.37. The molecule has 2 aliphatic rings. The van der Waals surface area contributed by atoms with Crippen LogP contribution in [0, 0.1) is 5.92 Å². The van der Waals surface area contributed by atoms with Gasteiger partial charge in [-0.05, 0) is 47.4 Å². The van der Waals surface area contributed by atoms with E-state index in [9.17, 15) is 14.4 Å². The van der Waals surface area contributed by atoms with Gasteiger partial charge in [-0.25, -0.2) is 4.79 Å². The van der Waals surface area contributed by atoms with Crippen LogP contribution in [-0.2, 0) is 14.3 Å². The summed E-state index contributed by atoms with van der Waals surface area (Å²) in [6, 6.07) is 15.4. The molecule has 2 aromatic carbocycles. The van der Waals surface area contributed by atoms with E-state index in [0.717, 1.165) is 54.4 Å². The topological polar surface area (TPSA) is 105 Å². The highest BCUT2D eigenvalue weighted by Crippen LogP contribution is 2.44. The second-order valence-corrected chi connectivity index (χ2v) is 9.57. The number of carboxylic acids is 1. The zero-order chi connectivity index (χ0) is 24.8. The van der Waals surface area contributed by atoms with Crippen molar-refractivity contribution in [3.63, 3.8) is 0 Å². The largest absolute Gasteiger partial charge is 0.481 e. The second kappa shape index (κ2) is 11.4. The number of unbranched alkanes of at least 4 members (excludes halogenated alkanes) is 1. The molecule has 0 radical (unpaired) electrons. The third-order valence-electron chi connectivity index (χ3n) is 7.22. The van der Waals surface area contributed by atoms with E-state index < -0.39 is 18.1 Å². The Kier molecular flexibility index (Phi) is 8.06. The Morgan fingerprint density at radius 1 is 1.03 bits per heavy atom. The van der Waals surface area contributed by atoms with Crippen LogP contribution in [-0.4, -0.2) is 41.8 Å². The summed E-state index contributed by atoms with van der Waals surface area (Å²) in [5, 5.41) is 14.9. The van der Waals surface area contributed by atoms with Crippen LogP contribution in [0.5, 0.6) is 0 Å². The first-order chi connectivity index (χ1) is 17.0. The molecule has 35 heavy (non-hydrogen) atoms. The van der Waals surface area contributed by atoms with Gasteiger partial charge in [-0.3, -0.25) is 9.59 Å². The second-order valence-electron chi connectivity index (χ2n) is 9.57. The van der Waals surface area contributed by atoms with Crippen LogP contribution in [0.25, 0.3) is 11.1 Å². The summed E-state index contributed by atoms with van der Waals surface area (Å²) in [5.41, 5.74) is 4.58. The van der Waals surface area contributed by atoms with Crippen molar-refractivity contribution in [3.8, 4) is 11.1 Å². The molecule has 0 spiro atoms. The third kappa shape index (κ3) is 5.84. The molecular formula is C28H34N2O5. The lowest BCUT2D eigenvalue weighted by molar-refractivity contribution is -0.138. The molecule has 2 aromatic rings. The molecular weight excluding hydrogens is 444 g/mol. The smallest absolute Gasteiger partial charge is 0.407 e. The van der Waals surface area contributed by atoms with Gasteiger partial charge in [-0.1, -0.05) is 74.7 Å². The molecule has 0 heterocycles. The van der Waals surface area contributed by atoms with Crippen LogP contribution in [0.2, 0.25) is 0 Å². The lowest BCUT2D eigenvalue weighted by atomic mass is 9.98. The summed E-state index contributed by atoms with van der Waals surface area (Å²) in [6.45, 7) is 2.22. The maximum atomic E-state index is 13.0. The van der Waals surface area contributed by atoms with E-state index in [1.807, 2.05) is 31.2 Å².